The molecule has 33 heavy (non-hydrogen) atoms. The second-order valence-electron chi connectivity index (χ2n) is 8.31. The third kappa shape index (κ3) is 7.38. The lowest BCUT2D eigenvalue weighted by molar-refractivity contribution is -0.122. The van der Waals surface area contributed by atoms with Gasteiger partial charge in [-0.05, 0) is 73.1 Å². The lowest BCUT2D eigenvalue weighted by Gasteiger charge is -2.21. The number of amides is 1. The molecule has 4 nitrogen and oxygen atoms in total. The topological polar surface area (TPSA) is 47.6 Å². The zero-order chi connectivity index (χ0) is 23.5. The van der Waals surface area contributed by atoms with Gasteiger partial charge in [-0.15, -0.1) is 0 Å². The molecule has 0 aromatic heterocycles. The molecule has 4 heteroatoms. The van der Waals surface area contributed by atoms with Crippen LogP contribution in [0.25, 0.3) is 0 Å². The second kappa shape index (κ2) is 12.7. The summed E-state index contributed by atoms with van der Waals surface area (Å²) < 4.78 is 12.0. The molecule has 0 aliphatic heterocycles. The van der Waals surface area contributed by atoms with Gasteiger partial charge in [-0.25, -0.2) is 0 Å². The molecular weight excluding hydrogens is 410 g/mol. The van der Waals surface area contributed by atoms with Gasteiger partial charge >= 0.3 is 0 Å². The van der Waals surface area contributed by atoms with Crippen LogP contribution in [0, 0.1) is 0 Å². The van der Waals surface area contributed by atoms with E-state index in [0.717, 1.165) is 42.0 Å². The number of aryl methyl sites for hydroxylation is 1. The van der Waals surface area contributed by atoms with Gasteiger partial charge in [-0.3, -0.25) is 4.79 Å². The molecule has 0 bridgehead atoms. The van der Waals surface area contributed by atoms with Crippen molar-refractivity contribution in [1.29, 1.82) is 0 Å². The first-order valence-corrected chi connectivity index (χ1v) is 11.9. The number of para-hydroxylation sites is 1. The highest BCUT2D eigenvalue weighted by atomic mass is 16.5. The van der Waals surface area contributed by atoms with Gasteiger partial charge in [0.25, 0.3) is 5.91 Å². The molecule has 0 fully saturated rings. The van der Waals surface area contributed by atoms with Crippen molar-refractivity contribution in [3.8, 4) is 11.5 Å². The number of carbonyl (C=O) groups is 1. The number of hydrogen-bond acceptors (Lipinski definition) is 3. The van der Waals surface area contributed by atoms with Gasteiger partial charge in [0.05, 0.1) is 6.61 Å². The smallest absolute Gasteiger partial charge is 0.265 e. The van der Waals surface area contributed by atoms with E-state index in [0.29, 0.717) is 18.9 Å². The summed E-state index contributed by atoms with van der Waals surface area (Å²) in [6.45, 7) is 6.95. The molecule has 0 heterocycles. The highest BCUT2D eigenvalue weighted by molar-refractivity contribution is 5.94. The van der Waals surface area contributed by atoms with Crippen LogP contribution in [0.2, 0.25) is 0 Å². The van der Waals surface area contributed by atoms with E-state index in [4.69, 9.17) is 9.47 Å². The lowest BCUT2D eigenvalue weighted by atomic mass is 9.98. The van der Waals surface area contributed by atoms with Crippen molar-refractivity contribution in [2.75, 3.05) is 11.9 Å². The molecule has 3 aromatic carbocycles. The molecule has 1 N–H and O–H groups in total. The number of hydrogen-bond donors (Lipinski definition) is 1. The lowest BCUT2D eigenvalue weighted by Crippen LogP contribution is -2.32. The Kier molecular flexibility index (Phi) is 9.37. The molecule has 0 spiro atoms. The Balaban J connectivity index is 1.51. The van der Waals surface area contributed by atoms with Gasteiger partial charge < -0.3 is 14.8 Å². The normalized spacial score (nSPS) is 12.6. The number of ether oxygens (including phenoxy) is 2. The summed E-state index contributed by atoms with van der Waals surface area (Å²) in [6, 6.07) is 25.9. The molecule has 0 aliphatic carbocycles. The maximum atomic E-state index is 12.9. The largest absolute Gasteiger partial charge is 0.494 e. The Hall–Kier alpha value is -3.27. The maximum Gasteiger partial charge on any atom is 0.265 e. The van der Waals surface area contributed by atoms with Gasteiger partial charge in [0.1, 0.15) is 11.5 Å². The summed E-state index contributed by atoms with van der Waals surface area (Å²) >= 11 is 0. The van der Waals surface area contributed by atoms with E-state index in [2.05, 4.69) is 49.5 Å². The Morgan fingerprint density at radius 1 is 0.879 bits per heavy atom. The van der Waals surface area contributed by atoms with E-state index in [1.165, 1.54) is 5.56 Å². The van der Waals surface area contributed by atoms with E-state index in [1.807, 2.05) is 55.5 Å². The van der Waals surface area contributed by atoms with Crippen molar-refractivity contribution in [2.45, 2.75) is 58.5 Å². The minimum absolute atomic E-state index is 0.145. The quantitative estimate of drug-likeness (QED) is 0.305. The average molecular weight is 446 g/mol. The zero-order valence-corrected chi connectivity index (χ0v) is 19.9. The Morgan fingerprint density at radius 3 is 2.27 bits per heavy atom. The van der Waals surface area contributed by atoms with Crippen molar-refractivity contribution in [3.05, 3.63) is 90.0 Å². The van der Waals surface area contributed by atoms with E-state index in [9.17, 15) is 4.79 Å². The zero-order valence-electron chi connectivity index (χ0n) is 19.9. The Morgan fingerprint density at radius 2 is 1.58 bits per heavy atom. The average Bonchev–Trinajstić information content (AvgIpc) is 2.86. The van der Waals surface area contributed by atoms with Gasteiger partial charge in [0.2, 0.25) is 0 Å². The molecule has 0 radical (unpaired) electrons. The number of rotatable bonds is 12. The molecule has 2 atom stereocenters. The number of anilines is 1. The maximum absolute atomic E-state index is 12.9. The predicted molar refractivity (Wildman–Crippen MR) is 135 cm³/mol. The van der Waals surface area contributed by atoms with Crippen molar-refractivity contribution in [3.63, 3.8) is 0 Å². The van der Waals surface area contributed by atoms with Crippen LogP contribution in [0.5, 0.6) is 11.5 Å². The van der Waals surface area contributed by atoms with Crippen LogP contribution < -0.4 is 14.8 Å². The fourth-order valence-electron chi connectivity index (χ4n) is 3.66. The number of carbonyl (C=O) groups excluding carboxylic acids is 1. The fourth-order valence-corrected chi connectivity index (χ4v) is 3.66. The SMILES string of the molecule is CCC(Oc1ccccc1C(C)CC)C(=O)Nc1ccc(OCCCc2ccccc2)cc1. The standard InChI is InChI=1S/C29H35NO3/c1-4-22(3)26-15-9-10-16-28(26)33-27(5-2)29(31)30-24-17-19-25(20-18-24)32-21-11-14-23-12-7-6-8-13-23/h6-10,12-13,15-20,22,27H,4-5,11,14,21H2,1-3H3,(H,30,31). The van der Waals surface area contributed by atoms with Crippen molar-refractivity contribution in [1.82, 2.24) is 0 Å². The molecule has 174 valence electrons. The van der Waals surface area contributed by atoms with Crippen LogP contribution in [-0.4, -0.2) is 18.6 Å². The second-order valence-corrected chi connectivity index (χ2v) is 8.31. The van der Waals surface area contributed by atoms with Crippen LogP contribution >= 0.6 is 0 Å². The highest BCUT2D eigenvalue weighted by Gasteiger charge is 2.21. The minimum atomic E-state index is -0.552. The molecular formula is C29H35NO3. The van der Waals surface area contributed by atoms with Crippen LogP contribution in [0.15, 0.2) is 78.9 Å². The molecule has 3 rings (SSSR count). The summed E-state index contributed by atoms with van der Waals surface area (Å²) in [5.41, 5.74) is 3.19. The summed E-state index contributed by atoms with van der Waals surface area (Å²) in [4.78, 5) is 12.9. The third-order valence-electron chi connectivity index (χ3n) is 5.84. The predicted octanol–water partition coefficient (Wildman–Crippen LogP) is 7.01. The van der Waals surface area contributed by atoms with Gasteiger partial charge in [0.15, 0.2) is 6.10 Å². The first kappa shape index (κ1) is 24.4. The van der Waals surface area contributed by atoms with Crippen molar-refractivity contribution < 1.29 is 14.3 Å². The summed E-state index contributed by atoms with van der Waals surface area (Å²) in [5.74, 6) is 1.81. The molecule has 0 saturated heterocycles. The van der Waals surface area contributed by atoms with Crippen LogP contribution in [-0.2, 0) is 11.2 Å². The van der Waals surface area contributed by atoms with Gasteiger partial charge in [-0.1, -0.05) is 69.3 Å². The Labute approximate surface area is 197 Å². The van der Waals surface area contributed by atoms with Crippen LogP contribution in [0.4, 0.5) is 5.69 Å². The third-order valence-corrected chi connectivity index (χ3v) is 5.84. The van der Waals surface area contributed by atoms with E-state index in [-0.39, 0.29) is 5.91 Å². The van der Waals surface area contributed by atoms with Crippen LogP contribution in [0.1, 0.15) is 57.1 Å². The Bertz CT molecular complexity index is 985. The van der Waals surface area contributed by atoms with Crippen molar-refractivity contribution in [2.24, 2.45) is 0 Å². The number of nitrogens with one attached hydrogen (secondary N) is 1. The molecule has 2 unspecified atom stereocenters. The van der Waals surface area contributed by atoms with Gasteiger partial charge in [-0.2, -0.15) is 0 Å². The molecule has 1 amide bonds. The molecule has 0 saturated carbocycles. The fraction of sp³-hybridized carbons (Fsp3) is 0.345. The van der Waals surface area contributed by atoms with E-state index in [1.54, 1.807) is 0 Å². The first-order valence-electron chi connectivity index (χ1n) is 11.9. The van der Waals surface area contributed by atoms with Gasteiger partial charge in [0, 0.05) is 5.69 Å². The summed E-state index contributed by atoms with van der Waals surface area (Å²) in [5, 5.41) is 2.97. The first-order chi connectivity index (χ1) is 16.1. The van der Waals surface area contributed by atoms with E-state index >= 15 is 0 Å². The summed E-state index contributed by atoms with van der Waals surface area (Å²) in [7, 11) is 0. The molecule has 3 aromatic rings. The van der Waals surface area contributed by atoms with Crippen molar-refractivity contribution >= 4 is 11.6 Å². The monoisotopic (exact) mass is 445 g/mol. The molecule has 0 aliphatic rings. The minimum Gasteiger partial charge on any atom is -0.494 e. The van der Waals surface area contributed by atoms with Crippen LogP contribution in [0.3, 0.4) is 0 Å². The van der Waals surface area contributed by atoms with E-state index < -0.39 is 6.10 Å². The number of benzene rings is 3. The highest BCUT2D eigenvalue weighted by Crippen LogP contribution is 2.29. The summed E-state index contributed by atoms with van der Waals surface area (Å²) in [6.07, 6.45) is 3.00.